The first kappa shape index (κ1) is 15.5. The molecule has 0 aliphatic carbocycles. The molecule has 3 N–H and O–H groups in total. The Labute approximate surface area is 128 Å². The lowest BCUT2D eigenvalue weighted by Gasteiger charge is -2.27. The van der Waals surface area contributed by atoms with Crippen LogP contribution in [0.5, 0.6) is 0 Å². The van der Waals surface area contributed by atoms with Crippen LogP contribution < -0.4 is 16.0 Å². The van der Waals surface area contributed by atoms with Gasteiger partial charge in [0.05, 0.1) is 11.9 Å². The lowest BCUT2D eigenvalue weighted by atomic mass is 10.2. The van der Waals surface area contributed by atoms with E-state index in [1.165, 1.54) is 0 Å². The predicted octanol–water partition coefficient (Wildman–Crippen LogP) is 2.21. The van der Waals surface area contributed by atoms with E-state index in [-0.39, 0.29) is 18.5 Å². The van der Waals surface area contributed by atoms with Crippen molar-refractivity contribution in [2.24, 2.45) is 5.73 Å². The summed E-state index contributed by atoms with van der Waals surface area (Å²) in [6.07, 6.45) is 0.996. The number of nitrogens with zero attached hydrogens (tertiary/aromatic N) is 3. The molecule has 0 spiro atoms. The monoisotopic (exact) mass is 307 g/mol. The van der Waals surface area contributed by atoms with Crippen molar-refractivity contribution in [3.63, 3.8) is 0 Å². The van der Waals surface area contributed by atoms with Crippen LogP contribution in [-0.4, -0.2) is 35.0 Å². The summed E-state index contributed by atoms with van der Waals surface area (Å²) < 4.78 is 0. The van der Waals surface area contributed by atoms with Gasteiger partial charge in [0.15, 0.2) is 0 Å². The molecule has 0 fully saturated rings. The van der Waals surface area contributed by atoms with Crippen LogP contribution in [0.3, 0.4) is 0 Å². The zero-order valence-electron chi connectivity index (χ0n) is 12.6. The zero-order valence-corrected chi connectivity index (χ0v) is 13.4. The minimum absolute atomic E-state index is 0.120. The molecule has 2 rings (SSSR count). The highest BCUT2D eigenvalue weighted by molar-refractivity contribution is 7.16. The third kappa shape index (κ3) is 3.60. The topological polar surface area (TPSA) is 84.1 Å². The van der Waals surface area contributed by atoms with Crippen LogP contribution in [-0.2, 0) is 4.79 Å². The average Bonchev–Trinajstić information content (AvgIpc) is 2.89. The van der Waals surface area contributed by atoms with Gasteiger partial charge < -0.3 is 16.0 Å². The van der Waals surface area contributed by atoms with Crippen molar-refractivity contribution in [3.05, 3.63) is 11.4 Å². The van der Waals surface area contributed by atoms with Gasteiger partial charge in [-0.25, -0.2) is 4.98 Å². The lowest BCUT2D eigenvalue weighted by Crippen LogP contribution is -2.39. The molecular weight excluding hydrogens is 286 g/mol. The van der Waals surface area contributed by atoms with E-state index in [1.54, 1.807) is 11.3 Å². The van der Waals surface area contributed by atoms with Crippen molar-refractivity contribution in [1.82, 2.24) is 9.97 Å². The van der Waals surface area contributed by atoms with Crippen molar-refractivity contribution < 1.29 is 4.79 Å². The number of carbonyl (C=O) groups is 1. The summed E-state index contributed by atoms with van der Waals surface area (Å²) in [4.78, 5) is 23.3. The molecule has 6 nitrogen and oxygen atoms in total. The summed E-state index contributed by atoms with van der Waals surface area (Å²) in [6, 6.07) is 2.10. The number of anilines is 2. The molecule has 0 aliphatic rings. The number of hydrogen-bond donors (Lipinski definition) is 2. The SMILES string of the molecule is CCCNc1nc(N(CC(N)=O)C(C)C)c2ccsc2n1. The standard InChI is InChI=1S/C14H21N5OS/c1-4-6-16-14-17-12(10-5-7-21-13(10)18-14)19(9(2)3)8-11(15)20/h5,7,9H,4,6,8H2,1-3H3,(H2,15,20)(H,16,17,18). The van der Waals surface area contributed by atoms with Crippen molar-refractivity contribution in [2.45, 2.75) is 33.2 Å². The fourth-order valence-electron chi connectivity index (χ4n) is 2.04. The second-order valence-corrected chi connectivity index (χ2v) is 6.02. The van der Waals surface area contributed by atoms with Crippen LogP contribution in [0.15, 0.2) is 11.4 Å². The molecule has 2 heterocycles. The summed E-state index contributed by atoms with van der Waals surface area (Å²) in [7, 11) is 0. The maximum Gasteiger partial charge on any atom is 0.237 e. The molecule has 114 valence electrons. The molecular formula is C14H21N5OS. The number of hydrogen-bond acceptors (Lipinski definition) is 6. The maximum absolute atomic E-state index is 11.3. The lowest BCUT2D eigenvalue weighted by molar-refractivity contribution is -0.116. The molecule has 0 atom stereocenters. The number of primary amides is 1. The van der Waals surface area contributed by atoms with Gasteiger partial charge >= 0.3 is 0 Å². The van der Waals surface area contributed by atoms with Gasteiger partial charge in [-0.1, -0.05) is 6.92 Å². The van der Waals surface area contributed by atoms with Gasteiger partial charge in [-0.2, -0.15) is 4.98 Å². The molecule has 2 aromatic rings. The van der Waals surface area contributed by atoms with E-state index < -0.39 is 0 Å². The first-order valence-electron chi connectivity index (χ1n) is 7.07. The minimum atomic E-state index is -0.367. The highest BCUT2D eigenvalue weighted by Gasteiger charge is 2.19. The van der Waals surface area contributed by atoms with Gasteiger partial charge in [-0.15, -0.1) is 11.3 Å². The highest BCUT2D eigenvalue weighted by atomic mass is 32.1. The maximum atomic E-state index is 11.3. The van der Waals surface area contributed by atoms with Crippen molar-refractivity contribution in [1.29, 1.82) is 0 Å². The van der Waals surface area contributed by atoms with Crippen LogP contribution in [0.2, 0.25) is 0 Å². The first-order valence-corrected chi connectivity index (χ1v) is 7.95. The minimum Gasteiger partial charge on any atom is -0.368 e. The second kappa shape index (κ2) is 6.71. The Kier molecular flexibility index (Phi) is 4.95. The fraction of sp³-hybridized carbons (Fsp3) is 0.500. The number of fused-ring (bicyclic) bond motifs is 1. The van der Waals surface area contributed by atoms with Gasteiger partial charge in [0.25, 0.3) is 0 Å². The Hall–Kier alpha value is -1.89. The van der Waals surface area contributed by atoms with Crippen LogP contribution in [0, 0.1) is 0 Å². The van der Waals surface area contributed by atoms with Crippen LogP contribution >= 0.6 is 11.3 Å². The molecule has 0 saturated carbocycles. The molecule has 1 amide bonds. The third-order valence-electron chi connectivity index (χ3n) is 3.06. The number of carbonyl (C=O) groups excluding carboxylic acids is 1. The van der Waals surface area contributed by atoms with Crippen molar-refractivity contribution in [3.8, 4) is 0 Å². The number of thiophene rings is 1. The number of amides is 1. The normalized spacial score (nSPS) is 11.0. The highest BCUT2D eigenvalue weighted by Crippen LogP contribution is 2.30. The number of aromatic nitrogens is 2. The predicted molar refractivity (Wildman–Crippen MR) is 87.9 cm³/mol. The number of nitrogens with one attached hydrogen (secondary N) is 1. The van der Waals surface area contributed by atoms with Crippen molar-refractivity contribution >= 4 is 39.2 Å². The molecule has 7 heteroatoms. The molecule has 21 heavy (non-hydrogen) atoms. The van der Waals surface area contributed by atoms with Crippen LogP contribution in [0.25, 0.3) is 10.2 Å². The Morgan fingerprint density at radius 1 is 1.48 bits per heavy atom. The number of nitrogens with two attached hydrogens (primary N) is 1. The molecule has 2 aromatic heterocycles. The van der Waals surface area contributed by atoms with Crippen LogP contribution in [0.1, 0.15) is 27.2 Å². The fourth-order valence-corrected chi connectivity index (χ4v) is 2.80. The summed E-state index contributed by atoms with van der Waals surface area (Å²) in [5, 5.41) is 6.14. The Morgan fingerprint density at radius 3 is 2.86 bits per heavy atom. The molecule has 0 radical (unpaired) electrons. The van der Waals surface area contributed by atoms with E-state index >= 15 is 0 Å². The van der Waals surface area contributed by atoms with Crippen LogP contribution in [0.4, 0.5) is 11.8 Å². The van der Waals surface area contributed by atoms with Gasteiger partial charge in [-0.3, -0.25) is 4.79 Å². The van der Waals surface area contributed by atoms with E-state index in [9.17, 15) is 4.79 Å². The van der Waals surface area contributed by atoms with Gasteiger partial charge in [0.2, 0.25) is 11.9 Å². The summed E-state index contributed by atoms with van der Waals surface area (Å²) in [5.74, 6) is 0.985. The van der Waals surface area contributed by atoms with Crippen molar-refractivity contribution in [2.75, 3.05) is 23.3 Å². The van der Waals surface area contributed by atoms with E-state index in [0.717, 1.165) is 29.0 Å². The molecule has 0 saturated heterocycles. The molecule has 0 unspecified atom stereocenters. The molecule has 0 bridgehead atoms. The van der Waals surface area contributed by atoms with E-state index in [4.69, 9.17) is 5.73 Å². The molecule has 0 aliphatic heterocycles. The van der Waals surface area contributed by atoms with E-state index in [2.05, 4.69) is 22.2 Å². The Morgan fingerprint density at radius 2 is 2.24 bits per heavy atom. The number of rotatable bonds is 7. The second-order valence-electron chi connectivity index (χ2n) is 5.12. The summed E-state index contributed by atoms with van der Waals surface area (Å²) in [5.41, 5.74) is 5.37. The quantitative estimate of drug-likeness (QED) is 0.819. The summed E-state index contributed by atoms with van der Waals surface area (Å²) >= 11 is 1.56. The van der Waals surface area contributed by atoms with E-state index in [1.807, 2.05) is 30.2 Å². The van der Waals surface area contributed by atoms with Gasteiger partial charge in [0.1, 0.15) is 10.6 Å². The first-order chi connectivity index (χ1) is 10.0. The van der Waals surface area contributed by atoms with Gasteiger partial charge in [-0.05, 0) is 31.7 Å². The molecule has 0 aromatic carbocycles. The summed E-state index contributed by atoms with van der Waals surface area (Å²) in [6.45, 7) is 7.08. The zero-order chi connectivity index (χ0) is 15.4. The third-order valence-corrected chi connectivity index (χ3v) is 3.87. The average molecular weight is 307 g/mol. The van der Waals surface area contributed by atoms with Gasteiger partial charge in [0, 0.05) is 12.6 Å². The smallest absolute Gasteiger partial charge is 0.237 e. The Balaban J connectivity index is 2.47. The Bertz CT molecular complexity index is 625. The largest absolute Gasteiger partial charge is 0.368 e. The van der Waals surface area contributed by atoms with E-state index in [0.29, 0.717) is 5.95 Å².